The fourth-order valence-electron chi connectivity index (χ4n) is 2.47. The van der Waals surface area contributed by atoms with Crippen LogP contribution in [0, 0.1) is 0 Å². The molecule has 1 aromatic carbocycles. The zero-order chi connectivity index (χ0) is 15.7. The molecule has 2 heterocycles. The molecule has 22 heavy (non-hydrogen) atoms. The Morgan fingerprint density at radius 2 is 2.23 bits per heavy atom. The van der Waals surface area contributed by atoms with Crippen molar-refractivity contribution in [2.75, 3.05) is 6.54 Å². The molecule has 116 valence electrons. The van der Waals surface area contributed by atoms with Crippen molar-refractivity contribution in [2.24, 2.45) is 7.05 Å². The number of rotatable bonds is 5. The Morgan fingerprint density at radius 1 is 1.41 bits per heavy atom. The monoisotopic (exact) mass is 319 g/mol. The number of nitrogens with one attached hydrogen (secondary N) is 1. The van der Waals surface area contributed by atoms with Crippen LogP contribution in [0.3, 0.4) is 0 Å². The molecule has 0 aliphatic carbocycles. The van der Waals surface area contributed by atoms with E-state index in [1.807, 2.05) is 29.8 Å². The second kappa shape index (κ2) is 5.76. The molecular formula is C16H18ClN3O2. The molecule has 0 aliphatic heterocycles. The number of benzene rings is 1. The summed E-state index contributed by atoms with van der Waals surface area (Å²) in [4.78, 5) is 4.57. The smallest absolute Gasteiger partial charge is 0.136 e. The molecule has 0 radical (unpaired) electrons. The maximum atomic E-state index is 10.4. The van der Waals surface area contributed by atoms with Crippen molar-refractivity contribution in [2.45, 2.75) is 19.1 Å². The van der Waals surface area contributed by atoms with Crippen LogP contribution < -0.4 is 5.32 Å². The molecule has 0 aliphatic rings. The molecule has 6 heteroatoms. The topological polar surface area (TPSA) is 63.2 Å². The highest BCUT2D eigenvalue weighted by atomic mass is 35.5. The number of hydrogen-bond acceptors (Lipinski definition) is 4. The van der Waals surface area contributed by atoms with Gasteiger partial charge in [-0.15, -0.1) is 0 Å². The number of nitrogens with zero attached hydrogens (tertiary/aromatic N) is 2. The number of aryl methyl sites for hydroxylation is 1. The van der Waals surface area contributed by atoms with Crippen molar-refractivity contribution in [3.8, 4) is 0 Å². The van der Waals surface area contributed by atoms with Crippen LogP contribution in [0.25, 0.3) is 11.0 Å². The number of aliphatic hydroxyl groups is 1. The molecule has 0 saturated heterocycles. The Kier molecular flexibility index (Phi) is 3.95. The standard InChI is InChI=1S/C16H18ClN3O2/c1-16(21,14-4-3-7-22-14)10-18-9-15-19-12-8-11(17)5-6-13(12)20(15)2/h3-8,18,21H,9-10H2,1-2H3. The van der Waals surface area contributed by atoms with Gasteiger partial charge in [0.25, 0.3) is 0 Å². The van der Waals surface area contributed by atoms with E-state index in [4.69, 9.17) is 16.0 Å². The quantitative estimate of drug-likeness (QED) is 0.759. The van der Waals surface area contributed by atoms with Crippen LogP contribution in [0.15, 0.2) is 41.0 Å². The molecule has 0 spiro atoms. The predicted octanol–water partition coefficient (Wildman–Crippen LogP) is 2.82. The highest BCUT2D eigenvalue weighted by Gasteiger charge is 2.25. The first-order valence-electron chi connectivity index (χ1n) is 7.05. The van der Waals surface area contributed by atoms with E-state index in [1.165, 1.54) is 0 Å². The molecular weight excluding hydrogens is 302 g/mol. The molecule has 5 nitrogen and oxygen atoms in total. The van der Waals surface area contributed by atoms with Gasteiger partial charge in [-0.25, -0.2) is 4.98 Å². The van der Waals surface area contributed by atoms with Crippen LogP contribution in [-0.4, -0.2) is 21.2 Å². The first-order chi connectivity index (χ1) is 10.5. The maximum Gasteiger partial charge on any atom is 0.136 e. The Balaban J connectivity index is 1.71. The Labute approximate surface area is 133 Å². The molecule has 1 atom stereocenters. The summed E-state index contributed by atoms with van der Waals surface area (Å²) in [6, 6.07) is 9.18. The van der Waals surface area contributed by atoms with Gasteiger partial charge in [0.2, 0.25) is 0 Å². The van der Waals surface area contributed by atoms with Gasteiger partial charge >= 0.3 is 0 Å². The zero-order valence-electron chi connectivity index (χ0n) is 12.5. The normalized spacial score (nSPS) is 14.4. The Morgan fingerprint density at radius 3 is 2.95 bits per heavy atom. The van der Waals surface area contributed by atoms with Gasteiger partial charge in [0, 0.05) is 18.6 Å². The summed E-state index contributed by atoms with van der Waals surface area (Å²) in [6.45, 7) is 2.62. The second-order valence-electron chi connectivity index (χ2n) is 5.57. The fraction of sp³-hybridized carbons (Fsp3) is 0.312. The Bertz CT molecular complexity index is 778. The van der Waals surface area contributed by atoms with Gasteiger partial charge < -0.3 is 19.4 Å². The largest absolute Gasteiger partial charge is 0.466 e. The molecule has 1 unspecified atom stereocenters. The lowest BCUT2D eigenvalue weighted by molar-refractivity contribution is 0.0338. The molecule has 0 amide bonds. The molecule has 3 rings (SSSR count). The summed E-state index contributed by atoms with van der Waals surface area (Å²) in [7, 11) is 1.96. The molecule has 3 aromatic rings. The number of fused-ring (bicyclic) bond motifs is 1. The van der Waals surface area contributed by atoms with Gasteiger partial charge in [-0.05, 0) is 37.3 Å². The molecule has 2 aromatic heterocycles. The highest BCUT2D eigenvalue weighted by molar-refractivity contribution is 6.31. The van der Waals surface area contributed by atoms with Crippen molar-refractivity contribution in [1.82, 2.24) is 14.9 Å². The lowest BCUT2D eigenvalue weighted by Crippen LogP contribution is -2.35. The van der Waals surface area contributed by atoms with Crippen LogP contribution in [0.1, 0.15) is 18.5 Å². The molecule has 0 fully saturated rings. The third-order valence-electron chi connectivity index (χ3n) is 3.74. The number of aromatic nitrogens is 2. The average Bonchev–Trinajstić information content (AvgIpc) is 3.08. The Hall–Kier alpha value is -1.82. The molecule has 0 bridgehead atoms. The van der Waals surface area contributed by atoms with Crippen LogP contribution in [0.5, 0.6) is 0 Å². The number of hydrogen-bond donors (Lipinski definition) is 2. The van der Waals surface area contributed by atoms with E-state index >= 15 is 0 Å². The second-order valence-corrected chi connectivity index (χ2v) is 6.01. The minimum atomic E-state index is -1.06. The van der Waals surface area contributed by atoms with Gasteiger partial charge in [0.05, 0.1) is 23.8 Å². The SMILES string of the molecule is Cn1c(CNCC(C)(O)c2ccco2)nc2cc(Cl)ccc21. The van der Waals surface area contributed by atoms with Gasteiger partial charge in [0.1, 0.15) is 17.2 Å². The third kappa shape index (κ3) is 2.88. The van der Waals surface area contributed by atoms with Gasteiger partial charge in [-0.2, -0.15) is 0 Å². The van der Waals surface area contributed by atoms with Crippen LogP contribution in [-0.2, 0) is 19.2 Å². The van der Waals surface area contributed by atoms with Gasteiger partial charge in [-0.3, -0.25) is 0 Å². The summed E-state index contributed by atoms with van der Waals surface area (Å²) in [6.07, 6.45) is 1.55. The van der Waals surface area contributed by atoms with Crippen molar-refractivity contribution in [1.29, 1.82) is 0 Å². The summed E-state index contributed by atoms with van der Waals surface area (Å²) >= 11 is 5.99. The summed E-state index contributed by atoms with van der Waals surface area (Å²) < 4.78 is 7.27. The first-order valence-corrected chi connectivity index (χ1v) is 7.43. The summed E-state index contributed by atoms with van der Waals surface area (Å²) in [5, 5.41) is 14.3. The van der Waals surface area contributed by atoms with Gasteiger partial charge in [-0.1, -0.05) is 11.6 Å². The van der Waals surface area contributed by atoms with E-state index in [9.17, 15) is 5.11 Å². The zero-order valence-corrected chi connectivity index (χ0v) is 13.3. The fourth-order valence-corrected chi connectivity index (χ4v) is 2.64. The van der Waals surface area contributed by atoms with Crippen LogP contribution in [0.4, 0.5) is 0 Å². The van der Waals surface area contributed by atoms with Crippen molar-refractivity contribution < 1.29 is 9.52 Å². The minimum Gasteiger partial charge on any atom is -0.466 e. The average molecular weight is 320 g/mol. The lowest BCUT2D eigenvalue weighted by atomic mass is 10.0. The number of furan rings is 1. The van der Waals surface area contributed by atoms with Crippen LogP contribution >= 0.6 is 11.6 Å². The van der Waals surface area contributed by atoms with E-state index in [-0.39, 0.29) is 0 Å². The van der Waals surface area contributed by atoms with E-state index in [0.717, 1.165) is 16.9 Å². The number of halogens is 1. The summed E-state index contributed by atoms with van der Waals surface area (Å²) in [5.41, 5.74) is 0.834. The lowest BCUT2D eigenvalue weighted by Gasteiger charge is -2.21. The third-order valence-corrected chi connectivity index (χ3v) is 3.97. The van der Waals surface area contributed by atoms with Crippen LogP contribution in [0.2, 0.25) is 5.02 Å². The van der Waals surface area contributed by atoms with E-state index < -0.39 is 5.60 Å². The highest BCUT2D eigenvalue weighted by Crippen LogP contribution is 2.21. The van der Waals surface area contributed by atoms with Crippen molar-refractivity contribution >= 4 is 22.6 Å². The molecule has 0 saturated carbocycles. The minimum absolute atomic E-state index is 0.366. The van der Waals surface area contributed by atoms with E-state index in [1.54, 1.807) is 25.3 Å². The van der Waals surface area contributed by atoms with Crippen molar-refractivity contribution in [3.05, 3.63) is 53.2 Å². The van der Waals surface area contributed by atoms with Gasteiger partial charge in [0.15, 0.2) is 0 Å². The predicted molar refractivity (Wildman–Crippen MR) is 85.7 cm³/mol. The maximum absolute atomic E-state index is 10.4. The first kappa shape index (κ1) is 15.1. The number of imidazole rings is 1. The molecule has 2 N–H and O–H groups in total. The van der Waals surface area contributed by atoms with Crippen molar-refractivity contribution in [3.63, 3.8) is 0 Å². The summed E-state index contributed by atoms with van der Waals surface area (Å²) in [5.74, 6) is 1.42. The van der Waals surface area contributed by atoms with E-state index in [0.29, 0.717) is 23.9 Å². The van der Waals surface area contributed by atoms with E-state index in [2.05, 4.69) is 10.3 Å².